The first kappa shape index (κ1) is 22.4. The third-order valence-electron chi connectivity index (χ3n) is 3.93. The van der Waals surface area contributed by atoms with Crippen LogP contribution in [0.25, 0.3) is 0 Å². The summed E-state index contributed by atoms with van der Waals surface area (Å²) in [6, 6.07) is 12.5. The lowest BCUT2D eigenvalue weighted by Gasteiger charge is -2.20. The highest BCUT2D eigenvalue weighted by Gasteiger charge is 2.17. The van der Waals surface area contributed by atoms with E-state index in [0.717, 1.165) is 11.8 Å². The Morgan fingerprint density at radius 3 is 2.21 bits per heavy atom. The Morgan fingerprint density at radius 1 is 1.03 bits per heavy atom. The zero-order chi connectivity index (χ0) is 21.8. The van der Waals surface area contributed by atoms with Crippen LogP contribution in [-0.4, -0.2) is 32.3 Å². The molecule has 2 aromatic carbocycles. The van der Waals surface area contributed by atoms with Crippen molar-refractivity contribution in [2.24, 2.45) is 0 Å². The van der Waals surface area contributed by atoms with Gasteiger partial charge in [-0.3, -0.25) is 10.1 Å². The van der Waals surface area contributed by atoms with Crippen LogP contribution in [0.5, 0.6) is 0 Å². The van der Waals surface area contributed by atoms with E-state index in [2.05, 4.69) is 10.6 Å². The molecule has 0 spiro atoms. The molecule has 0 aromatic heterocycles. The first-order valence-corrected chi connectivity index (χ1v) is 11.0. The lowest BCUT2D eigenvalue weighted by atomic mass is 10.1. The maximum absolute atomic E-state index is 12.6. The minimum Gasteiger partial charge on any atom is -0.444 e. The van der Waals surface area contributed by atoms with Gasteiger partial charge in [0.1, 0.15) is 5.60 Å². The van der Waals surface area contributed by atoms with Gasteiger partial charge in [-0.15, -0.1) is 0 Å². The lowest BCUT2D eigenvalue weighted by Crippen LogP contribution is -2.28. The fraction of sp³-hybridized carbons (Fsp3) is 0.333. The van der Waals surface area contributed by atoms with Gasteiger partial charge in [-0.05, 0) is 63.6 Å². The smallest absolute Gasteiger partial charge is 0.412 e. The number of carbonyl (C=O) groups is 2. The van der Waals surface area contributed by atoms with Crippen LogP contribution in [0, 0.1) is 0 Å². The van der Waals surface area contributed by atoms with E-state index in [-0.39, 0.29) is 16.8 Å². The van der Waals surface area contributed by atoms with E-state index in [9.17, 15) is 18.0 Å². The van der Waals surface area contributed by atoms with E-state index in [1.807, 2.05) is 0 Å². The number of ether oxygens (including phenoxy) is 1. The topological polar surface area (TPSA) is 102 Å². The average Bonchev–Trinajstić information content (AvgIpc) is 2.59. The van der Waals surface area contributed by atoms with Crippen LogP contribution in [0.3, 0.4) is 0 Å². The second-order valence-electron chi connectivity index (χ2n) is 7.74. The van der Waals surface area contributed by atoms with Gasteiger partial charge in [0.05, 0.1) is 10.9 Å². The molecule has 2 rings (SSSR count). The largest absolute Gasteiger partial charge is 0.444 e. The Hall–Kier alpha value is -2.87. The molecule has 0 aliphatic carbocycles. The van der Waals surface area contributed by atoms with Crippen LogP contribution < -0.4 is 10.6 Å². The van der Waals surface area contributed by atoms with Crippen molar-refractivity contribution in [3.05, 3.63) is 59.7 Å². The summed E-state index contributed by atoms with van der Waals surface area (Å²) < 4.78 is 28.3. The Labute approximate surface area is 171 Å². The molecule has 0 heterocycles. The van der Waals surface area contributed by atoms with E-state index in [1.54, 1.807) is 64.1 Å². The zero-order valence-corrected chi connectivity index (χ0v) is 18.0. The maximum atomic E-state index is 12.6. The van der Waals surface area contributed by atoms with Crippen molar-refractivity contribution < 1.29 is 22.7 Å². The standard InChI is InChI=1S/C21H26N2O5S/c1-14(15-9-11-18(12-10-15)29(5,26)27)22-19(24)16-7-6-8-17(13-16)23-20(25)28-21(2,3)4/h6-14H,1-5H3,(H,22,24)(H,23,25). The molecule has 156 valence electrons. The van der Waals surface area contributed by atoms with Crippen LogP contribution in [0.15, 0.2) is 53.4 Å². The first-order chi connectivity index (χ1) is 13.3. The lowest BCUT2D eigenvalue weighted by molar-refractivity contribution is 0.0635. The fourth-order valence-corrected chi connectivity index (χ4v) is 3.16. The van der Waals surface area contributed by atoms with Gasteiger partial charge in [0.15, 0.2) is 9.84 Å². The SMILES string of the molecule is CC(NC(=O)c1cccc(NC(=O)OC(C)(C)C)c1)c1ccc(S(C)(=O)=O)cc1. The molecule has 0 saturated heterocycles. The number of rotatable bonds is 5. The van der Waals surface area contributed by atoms with Gasteiger partial charge < -0.3 is 10.1 Å². The monoisotopic (exact) mass is 418 g/mol. The summed E-state index contributed by atoms with van der Waals surface area (Å²) >= 11 is 0. The molecule has 2 aromatic rings. The fourth-order valence-electron chi connectivity index (χ4n) is 2.53. The highest BCUT2D eigenvalue weighted by Crippen LogP contribution is 2.18. The van der Waals surface area contributed by atoms with E-state index in [1.165, 1.54) is 12.1 Å². The van der Waals surface area contributed by atoms with Crippen LogP contribution in [-0.2, 0) is 14.6 Å². The van der Waals surface area contributed by atoms with E-state index in [0.29, 0.717) is 11.3 Å². The van der Waals surface area contributed by atoms with Crippen molar-refractivity contribution in [3.8, 4) is 0 Å². The first-order valence-electron chi connectivity index (χ1n) is 9.06. The number of benzene rings is 2. The van der Waals surface area contributed by atoms with E-state index in [4.69, 9.17) is 4.74 Å². The second-order valence-corrected chi connectivity index (χ2v) is 9.76. The third kappa shape index (κ3) is 6.90. The van der Waals surface area contributed by atoms with Crippen molar-refractivity contribution in [2.75, 3.05) is 11.6 Å². The maximum Gasteiger partial charge on any atom is 0.412 e. The van der Waals surface area contributed by atoms with E-state index >= 15 is 0 Å². The molecule has 29 heavy (non-hydrogen) atoms. The van der Waals surface area contributed by atoms with E-state index < -0.39 is 21.5 Å². The Morgan fingerprint density at radius 2 is 1.66 bits per heavy atom. The summed E-state index contributed by atoms with van der Waals surface area (Å²) in [5.74, 6) is -0.322. The Kier molecular flexibility index (Phi) is 6.69. The van der Waals surface area contributed by atoms with Crippen LogP contribution in [0.2, 0.25) is 0 Å². The average molecular weight is 419 g/mol. The molecule has 0 radical (unpaired) electrons. The van der Waals surface area contributed by atoms with Crippen molar-refractivity contribution >= 4 is 27.5 Å². The van der Waals surface area contributed by atoms with Gasteiger partial charge in [-0.2, -0.15) is 0 Å². The number of amides is 2. The third-order valence-corrected chi connectivity index (χ3v) is 5.05. The molecule has 1 atom stereocenters. The van der Waals surface area contributed by atoms with Gasteiger partial charge >= 0.3 is 6.09 Å². The molecule has 0 bridgehead atoms. The normalized spacial score (nSPS) is 12.7. The number of nitrogens with one attached hydrogen (secondary N) is 2. The highest BCUT2D eigenvalue weighted by atomic mass is 32.2. The molecular formula is C21H26N2O5S. The molecular weight excluding hydrogens is 392 g/mol. The van der Waals surface area contributed by atoms with Gasteiger partial charge in [-0.1, -0.05) is 18.2 Å². The number of hydrogen-bond acceptors (Lipinski definition) is 5. The van der Waals surface area contributed by atoms with Crippen LogP contribution in [0.1, 0.15) is 49.7 Å². The van der Waals surface area contributed by atoms with Gasteiger partial charge in [0, 0.05) is 17.5 Å². The van der Waals surface area contributed by atoms with Crippen LogP contribution >= 0.6 is 0 Å². The predicted octanol–water partition coefficient (Wildman–Crippen LogP) is 3.93. The Bertz CT molecular complexity index is 992. The van der Waals surface area contributed by atoms with Gasteiger partial charge in [0.25, 0.3) is 5.91 Å². The molecule has 0 saturated carbocycles. The van der Waals surface area contributed by atoms with Gasteiger partial charge in [-0.25, -0.2) is 13.2 Å². The van der Waals surface area contributed by atoms with Crippen molar-refractivity contribution in [1.29, 1.82) is 0 Å². The quantitative estimate of drug-likeness (QED) is 0.766. The molecule has 0 fully saturated rings. The van der Waals surface area contributed by atoms with Crippen LogP contribution in [0.4, 0.5) is 10.5 Å². The van der Waals surface area contributed by atoms with Crippen molar-refractivity contribution in [2.45, 2.75) is 44.2 Å². The molecule has 8 heteroatoms. The number of hydrogen-bond donors (Lipinski definition) is 2. The number of carbonyl (C=O) groups excluding carboxylic acids is 2. The molecule has 2 N–H and O–H groups in total. The Balaban J connectivity index is 2.06. The second kappa shape index (κ2) is 8.65. The highest BCUT2D eigenvalue weighted by molar-refractivity contribution is 7.90. The summed E-state index contributed by atoms with van der Waals surface area (Å²) in [4.78, 5) is 24.7. The minimum atomic E-state index is -3.27. The predicted molar refractivity (Wildman–Crippen MR) is 112 cm³/mol. The minimum absolute atomic E-state index is 0.223. The molecule has 0 aliphatic heterocycles. The zero-order valence-electron chi connectivity index (χ0n) is 17.1. The molecule has 0 aliphatic rings. The summed E-state index contributed by atoms with van der Waals surface area (Å²) in [6.07, 6.45) is 0.542. The number of anilines is 1. The number of sulfone groups is 1. The summed E-state index contributed by atoms with van der Waals surface area (Å²) in [5.41, 5.74) is 0.963. The summed E-state index contributed by atoms with van der Waals surface area (Å²) in [6.45, 7) is 7.09. The van der Waals surface area contributed by atoms with Crippen molar-refractivity contribution in [1.82, 2.24) is 5.32 Å². The molecule has 7 nitrogen and oxygen atoms in total. The summed E-state index contributed by atoms with van der Waals surface area (Å²) in [5, 5.41) is 5.46. The summed E-state index contributed by atoms with van der Waals surface area (Å²) in [7, 11) is -3.27. The molecule has 1 unspecified atom stereocenters. The van der Waals surface area contributed by atoms with Crippen molar-refractivity contribution in [3.63, 3.8) is 0 Å². The van der Waals surface area contributed by atoms with Gasteiger partial charge in [0.2, 0.25) is 0 Å². The molecule has 2 amide bonds.